The molecule has 2 saturated carbocycles. The van der Waals surface area contributed by atoms with Gasteiger partial charge in [-0.25, -0.2) is 4.39 Å². The maximum absolute atomic E-state index is 13.2. The van der Waals surface area contributed by atoms with Gasteiger partial charge in [0.15, 0.2) is 0 Å². The molecule has 1 nitrogen and oxygen atoms in total. The predicted octanol–water partition coefficient (Wildman–Crippen LogP) is 4.43. The zero-order chi connectivity index (χ0) is 12.7. The van der Waals surface area contributed by atoms with Crippen LogP contribution in [0.25, 0.3) is 0 Å². The number of halogens is 2. The first-order chi connectivity index (χ1) is 8.65. The highest BCUT2D eigenvalue weighted by Gasteiger charge is 2.41. The van der Waals surface area contributed by atoms with Crippen molar-refractivity contribution >= 4 is 15.9 Å². The molecule has 18 heavy (non-hydrogen) atoms. The summed E-state index contributed by atoms with van der Waals surface area (Å²) in [4.78, 5) is 0. The van der Waals surface area contributed by atoms with Gasteiger partial charge in [0.25, 0.3) is 0 Å². The number of rotatable bonds is 5. The van der Waals surface area contributed by atoms with Crippen LogP contribution in [0.5, 0.6) is 0 Å². The van der Waals surface area contributed by atoms with Gasteiger partial charge in [0.05, 0.1) is 4.47 Å². The van der Waals surface area contributed by atoms with E-state index in [-0.39, 0.29) is 5.82 Å². The van der Waals surface area contributed by atoms with Gasteiger partial charge >= 0.3 is 0 Å². The molecule has 0 spiro atoms. The molecule has 0 aromatic heterocycles. The Hall–Kier alpha value is -0.410. The average molecular weight is 312 g/mol. The van der Waals surface area contributed by atoms with Gasteiger partial charge in [-0.3, -0.25) is 0 Å². The molecule has 1 aromatic rings. The van der Waals surface area contributed by atoms with Crippen molar-refractivity contribution in [1.29, 1.82) is 0 Å². The minimum absolute atomic E-state index is 0.188. The number of hydrogen-bond acceptors (Lipinski definition) is 1. The molecule has 1 unspecified atom stereocenters. The molecule has 0 amide bonds. The fourth-order valence-electron chi connectivity index (χ4n) is 2.73. The van der Waals surface area contributed by atoms with Crippen molar-refractivity contribution in [1.82, 2.24) is 5.32 Å². The molecule has 0 radical (unpaired) electrons. The largest absolute Gasteiger partial charge is 0.307 e. The lowest BCUT2D eigenvalue weighted by molar-refractivity contribution is 0.377. The Kier molecular flexibility index (Phi) is 3.46. The van der Waals surface area contributed by atoms with Gasteiger partial charge in [0.2, 0.25) is 0 Å². The maximum atomic E-state index is 13.2. The SMILES string of the molecule is CC(NC(C1CC1)C1CC1)c1ccc(F)c(Br)c1. The number of hydrogen-bond donors (Lipinski definition) is 1. The van der Waals surface area contributed by atoms with Gasteiger partial charge in [-0.15, -0.1) is 0 Å². The van der Waals surface area contributed by atoms with Crippen LogP contribution in [0.1, 0.15) is 44.2 Å². The fraction of sp³-hybridized carbons (Fsp3) is 0.600. The first-order valence-electron chi connectivity index (χ1n) is 6.86. The number of benzene rings is 1. The van der Waals surface area contributed by atoms with Gasteiger partial charge < -0.3 is 5.32 Å². The molecule has 1 N–H and O–H groups in total. The second kappa shape index (κ2) is 4.93. The predicted molar refractivity (Wildman–Crippen MR) is 74.9 cm³/mol. The topological polar surface area (TPSA) is 12.0 Å². The summed E-state index contributed by atoms with van der Waals surface area (Å²) < 4.78 is 13.8. The summed E-state index contributed by atoms with van der Waals surface area (Å²) in [6, 6.07) is 6.30. The Morgan fingerprint density at radius 1 is 1.22 bits per heavy atom. The minimum atomic E-state index is -0.188. The molecule has 2 aliphatic rings. The van der Waals surface area contributed by atoms with Crippen LogP contribution in [0.3, 0.4) is 0 Å². The van der Waals surface area contributed by atoms with Crippen molar-refractivity contribution in [2.75, 3.05) is 0 Å². The first-order valence-corrected chi connectivity index (χ1v) is 7.65. The summed E-state index contributed by atoms with van der Waals surface area (Å²) in [7, 11) is 0. The smallest absolute Gasteiger partial charge is 0.137 e. The second-order valence-electron chi connectivity index (χ2n) is 5.76. The van der Waals surface area contributed by atoms with Crippen LogP contribution in [-0.2, 0) is 0 Å². The van der Waals surface area contributed by atoms with Gasteiger partial charge in [0.1, 0.15) is 5.82 Å². The monoisotopic (exact) mass is 311 g/mol. The van der Waals surface area contributed by atoms with Crippen LogP contribution < -0.4 is 5.32 Å². The Bertz CT molecular complexity index is 428. The van der Waals surface area contributed by atoms with E-state index in [1.54, 1.807) is 6.07 Å². The lowest BCUT2D eigenvalue weighted by atomic mass is 10.0. The van der Waals surface area contributed by atoms with Crippen molar-refractivity contribution < 1.29 is 4.39 Å². The number of nitrogens with one attached hydrogen (secondary N) is 1. The van der Waals surface area contributed by atoms with Gasteiger partial charge in [0, 0.05) is 12.1 Å². The van der Waals surface area contributed by atoms with E-state index in [4.69, 9.17) is 0 Å². The van der Waals surface area contributed by atoms with E-state index >= 15 is 0 Å². The molecule has 0 saturated heterocycles. The molecule has 3 rings (SSSR count). The molecule has 0 bridgehead atoms. The Balaban J connectivity index is 1.68. The van der Waals surface area contributed by atoms with E-state index in [9.17, 15) is 4.39 Å². The highest BCUT2D eigenvalue weighted by molar-refractivity contribution is 9.10. The third-order valence-corrected chi connectivity index (χ3v) is 4.75. The van der Waals surface area contributed by atoms with Crippen molar-refractivity contribution in [3.63, 3.8) is 0 Å². The highest BCUT2D eigenvalue weighted by atomic mass is 79.9. The van der Waals surface area contributed by atoms with Crippen molar-refractivity contribution in [2.24, 2.45) is 11.8 Å². The van der Waals surface area contributed by atoms with Crippen LogP contribution in [0, 0.1) is 17.7 Å². The summed E-state index contributed by atoms with van der Waals surface area (Å²) in [6.07, 6.45) is 5.53. The van der Waals surface area contributed by atoms with Crippen LogP contribution in [0.15, 0.2) is 22.7 Å². The van der Waals surface area contributed by atoms with Crippen LogP contribution in [0.4, 0.5) is 4.39 Å². The van der Waals surface area contributed by atoms with Crippen LogP contribution >= 0.6 is 15.9 Å². The first kappa shape index (κ1) is 12.6. The molecule has 1 aromatic carbocycles. The zero-order valence-corrected chi connectivity index (χ0v) is 12.2. The van der Waals surface area contributed by atoms with Crippen LogP contribution in [-0.4, -0.2) is 6.04 Å². The third kappa shape index (κ3) is 2.77. The van der Waals surface area contributed by atoms with Crippen LogP contribution in [0.2, 0.25) is 0 Å². The molecule has 0 aliphatic heterocycles. The standard InChI is InChI=1S/C15H19BrFN/c1-9(12-6-7-14(17)13(16)8-12)18-15(10-2-3-10)11-4-5-11/h6-11,15,18H,2-5H2,1H3. The van der Waals surface area contributed by atoms with Gasteiger partial charge in [-0.1, -0.05) is 6.07 Å². The van der Waals surface area contributed by atoms with Crippen molar-refractivity contribution in [3.05, 3.63) is 34.1 Å². The molecular formula is C15H19BrFN. The summed E-state index contributed by atoms with van der Waals surface area (Å²) in [6.45, 7) is 2.18. The summed E-state index contributed by atoms with van der Waals surface area (Å²) in [5, 5.41) is 3.76. The second-order valence-corrected chi connectivity index (χ2v) is 6.62. The third-order valence-electron chi connectivity index (χ3n) is 4.15. The maximum Gasteiger partial charge on any atom is 0.137 e. The Labute approximate surface area is 116 Å². The van der Waals surface area contributed by atoms with Crippen molar-refractivity contribution in [3.8, 4) is 0 Å². The molecule has 3 heteroatoms. The van der Waals surface area contributed by atoms with E-state index in [1.807, 2.05) is 12.1 Å². The molecule has 2 aliphatic carbocycles. The Morgan fingerprint density at radius 2 is 1.83 bits per heavy atom. The summed E-state index contributed by atoms with van der Waals surface area (Å²) in [5.41, 5.74) is 1.16. The lowest BCUT2D eigenvalue weighted by Gasteiger charge is -2.23. The van der Waals surface area contributed by atoms with E-state index < -0.39 is 0 Å². The molecule has 2 fully saturated rings. The van der Waals surface area contributed by atoms with Gasteiger partial charge in [-0.2, -0.15) is 0 Å². The summed E-state index contributed by atoms with van der Waals surface area (Å²) in [5.74, 6) is 1.60. The normalized spacial score (nSPS) is 21.3. The van der Waals surface area contributed by atoms with E-state index in [1.165, 1.54) is 25.7 Å². The average Bonchev–Trinajstić information content (AvgIpc) is 3.22. The lowest BCUT2D eigenvalue weighted by Crippen LogP contribution is -2.35. The molecular weight excluding hydrogens is 293 g/mol. The highest BCUT2D eigenvalue weighted by Crippen LogP contribution is 2.45. The van der Waals surface area contributed by atoms with E-state index in [0.29, 0.717) is 16.6 Å². The zero-order valence-electron chi connectivity index (χ0n) is 10.6. The molecule has 1 atom stereocenters. The Morgan fingerprint density at radius 3 is 2.33 bits per heavy atom. The summed E-state index contributed by atoms with van der Waals surface area (Å²) >= 11 is 3.26. The van der Waals surface area contributed by atoms with E-state index in [2.05, 4.69) is 28.2 Å². The van der Waals surface area contributed by atoms with Crippen molar-refractivity contribution in [2.45, 2.75) is 44.7 Å². The minimum Gasteiger partial charge on any atom is -0.307 e. The molecule has 0 heterocycles. The quantitative estimate of drug-likeness (QED) is 0.848. The fourth-order valence-corrected chi connectivity index (χ4v) is 3.13. The molecule has 98 valence electrons. The van der Waals surface area contributed by atoms with Gasteiger partial charge in [-0.05, 0) is 78.1 Å². The van der Waals surface area contributed by atoms with E-state index in [0.717, 1.165) is 17.4 Å².